The minimum absolute atomic E-state index is 0.0508. The van der Waals surface area contributed by atoms with Gasteiger partial charge in [-0.05, 0) is 36.3 Å². The van der Waals surface area contributed by atoms with Crippen molar-refractivity contribution in [2.45, 2.75) is 37.4 Å². The van der Waals surface area contributed by atoms with Crippen LogP contribution in [0.25, 0.3) is 0 Å². The number of aromatic nitrogens is 2. The highest BCUT2D eigenvalue weighted by Gasteiger charge is 2.22. The molecule has 0 atom stereocenters. The van der Waals surface area contributed by atoms with Gasteiger partial charge in [0.15, 0.2) is 0 Å². The second kappa shape index (κ2) is 8.75. The van der Waals surface area contributed by atoms with E-state index >= 15 is 0 Å². The summed E-state index contributed by atoms with van der Waals surface area (Å²) < 4.78 is 1.80. The van der Waals surface area contributed by atoms with E-state index < -0.39 is 0 Å². The molecule has 2 aromatic heterocycles. The molecule has 0 radical (unpaired) electrons. The Bertz CT molecular complexity index is 1010. The Morgan fingerprint density at radius 3 is 2.82 bits per heavy atom. The van der Waals surface area contributed by atoms with Crippen molar-refractivity contribution in [1.29, 1.82) is 0 Å². The molecule has 28 heavy (non-hydrogen) atoms. The highest BCUT2D eigenvalue weighted by Crippen LogP contribution is 2.29. The molecule has 0 saturated heterocycles. The number of nitrogens with zero attached hydrogens (tertiary/aromatic N) is 2. The zero-order valence-corrected chi connectivity index (χ0v) is 17.0. The number of fused-ring (bicyclic) bond motifs is 1. The molecule has 0 unspecified atom stereocenters. The van der Waals surface area contributed by atoms with E-state index in [-0.39, 0.29) is 17.3 Å². The van der Waals surface area contributed by atoms with Gasteiger partial charge in [0.2, 0.25) is 5.91 Å². The van der Waals surface area contributed by atoms with Crippen LogP contribution in [0, 0.1) is 0 Å². The number of nitrogens with one attached hydrogen (secondary N) is 1. The lowest BCUT2D eigenvalue weighted by Gasteiger charge is -2.13. The molecular weight excluding hydrogens is 390 g/mol. The Morgan fingerprint density at radius 2 is 2.04 bits per heavy atom. The average molecular weight is 412 g/mol. The molecule has 3 aromatic rings. The smallest absolute Gasteiger partial charge is 0.349 e. The summed E-state index contributed by atoms with van der Waals surface area (Å²) in [6, 6.07) is 13.9. The zero-order valence-electron chi connectivity index (χ0n) is 15.4. The van der Waals surface area contributed by atoms with Crippen molar-refractivity contribution in [3.05, 3.63) is 80.0 Å². The molecule has 0 aliphatic heterocycles. The third-order valence-electron chi connectivity index (χ3n) is 4.77. The van der Waals surface area contributed by atoms with Crippen molar-refractivity contribution in [1.82, 2.24) is 14.9 Å². The van der Waals surface area contributed by atoms with E-state index in [1.807, 2.05) is 47.8 Å². The molecular formula is C21H21N3O2S2. The number of thiophene rings is 1. The van der Waals surface area contributed by atoms with Gasteiger partial charge in [-0.2, -0.15) is 4.98 Å². The van der Waals surface area contributed by atoms with Gasteiger partial charge in [-0.3, -0.25) is 9.36 Å². The van der Waals surface area contributed by atoms with Crippen LogP contribution < -0.4 is 11.0 Å². The number of hydrogen-bond donors (Lipinski definition) is 1. The monoisotopic (exact) mass is 411 g/mol. The SMILES string of the molecule is O=C(CSc1nc(=O)n(Cc2cccs2)c2c1CCC2)NCc1ccccc1. The van der Waals surface area contributed by atoms with E-state index in [2.05, 4.69) is 10.3 Å². The molecule has 1 N–H and O–H groups in total. The summed E-state index contributed by atoms with van der Waals surface area (Å²) in [5.41, 5.74) is 3.06. The van der Waals surface area contributed by atoms with E-state index in [1.54, 1.807) is 15.9 Å². The molecule has 0 saturated carbocycles. The van der Waals surface area contributed by atoms with Crippen LogP contribution in [-0.2, 0) is 30.7 Å². The highest BCUT2D eigenvalue weighted by atomic mass is 32.2. The molecule has 7 heteroatoms. The Labute approximate surface area is 171 Å². The van der Waals surface area contributed by atoms with Crippen LogP contribution in [0.3, 0.4) is 0 Å². The normalized spacial score (nSPS) is 12.7. The van der Waals surface area contributed by atoms with Gasteiger partial charge in [-0.25, -0.2) is 4.79 Å². The van der Waals surface area contributed by atoms with Gasteiger partial charge < -0.3 is 5.32 Å². The summed E-state index contributed by atoms with van der Waals surface area (Å²) in [6.07, 6.45) is 2.84. The number of benzene rings is 1. The van der Waals surface area contributed by atoms with Crippen molar-refractivity contribution in [2.24, 2.45) is 0 Å². The summed E-state index contributed by atoms with van der Waals surface area (Å²) in [5, 5.41) is 5.66. The van der Waals surface area contributed by atoms with Crippen LogP contribution in [0.5, 0.6) is 0 Å². The lowest BCUT2D eigenvalue weighted by molar-refractivity contribution is -0.118. The van der Waals surface area contributed by atoms with E-state index in [1.165, 1.54) is 11.8 Å². The number of amides is 1. The van der Waals surface area contributed by atoms with Crippen LogP contribution in [0.1, 0.15) is 28.1 Å². The molecule has 1 aliphatic rings. The number of thioether (sulfide) groups is 1. The quantitative estimate of drug-likeness (QED) is 0.479. The average Bonchev–Trinajstić information content (AvgIpc) is 3.40. The van der Waals surface area contributed by atoms with Crippen molar-refractivity contribution >= 4 is 29.0 Å². The summed E-state index contributed by atoms with van der Waals surface area (Å²) in [7, 11) is 0. The molecule has 144 valence electrons. The topological polar surface area (TPSA) is 64.0 Å². The third-order valence-corrected chi connectivity index (χ3v) is 6.65. The second-order valence-corrected chi connectivity index (χ2v) is 8.69. The minimum Gasteiger partial charge on any atom is -0.351 e. The first kappa shape index (κ1) is 19.0. The molecule has 5 nitrogen and oxygen atoms in total. The Hall–Kier alpha value is -2.38. The largest absolute Gasteiger partial charge is 0.351 e. The zero-order chi connectivity index (χ0) is 19.3. The summed E-state index contributed by atoms with van der Waals surface area (Å²) in [4.78, 5) is 30.3. The first-order valence-electron chi connectivity index (χ1n) is 9.29. The first-order valence-corrected chi connectivity index (χ1v) is 11.2. The fourth-order valence-electron chi connectivity index (χ4n) is 3.41. The maximum Gasteiger partial charge on any atom is 0.349 e. The van der Waals surface area contributed by atoms with E-state index in [9.17, 15) is 9.59 Å². The summed E-state index contributed by atoms with van der Waals surface area (Å²) in [6.45, 7) is 1.09. The lowest BCUT2D eigenvalue weighted by Crippen LogP contribution is -2.28. The Kier molecular flexibility index (Phi) is 5.92. The van der Waals surface area contributed by atoms with Crippen LogP contribution in [-0.4, -0.2) is 21.2 Å². The van der Waals surface area contributed by atoms with Gasteiger partial charge >= 0.3 is 5.69 Å². The number of hydrogen-bond acceptors (Lipinski definition) is 5. The number of carbonyl (C=O) groups excluding carboxylic acids is 1. The first-order chi connectivity index (χ1) is 13.7. The van der Waals surface area contributed by atoms with Gasteiger partial charge in [-0.1, -0.05) is 48.2 Å². The van der Waals surface area contributed by atoms with Crippen molar-refractivity contribution in [3.8, 4) is 0 Å². The minimum atomic E-state index is -0.221. The predicted molar refractivity (Wildman–Crippen MR) is 113 cm³/mol. The molecule has 1 aliphatic carbocycles. The van der Waals surface area contributed by atoms with Crippen molar-refractivity contribution in [2.75, 3.05) is 5.75 Å². The number of rotatable bonds is 7. The maximum absolute atomic E-state index is 12.6. The molecule has 1 aromatic carbocycles. The van der Waals surface area contributed by atoms with E-state index in [4.69, 9.17) is 0 Å². The summed E-state index contributed by atoms with van der Waals surface area (Å²) >= 11 is 3.01. The third kappa shape index (κ3) is 4.36. The Balaban J connectivity index is 1.44. The van der Waals surface area contributed by atoms with Crippen molar-refractivity contribution < 1.29 is 4.79 Å². The number of carbonyl (C=O) groups is 1. The molecule has 0 fully saturated rings. The molecule has 0 spiro atoms. The van der Waals surface area contributed by atoms with Gasteiger partial charge in [0.05, 0.1) is 12.3 Å². The molecule has 1 amide bonds. The van der Waals surface area contributed by atoms with Crippen LogP contribution in [0.4, 0.5) is 0 Å². The second-order valence-electron chi connectivity index (χ2n) is 6.69. The molecule has 0 bridgehead atoms. The molecule has 2 heterocycles. The Morgan fingerprint density at radius 1 is 1.18 bits per heavy atom. The maximum atomic E-state index is 12.6. The van der Waals surface area contributed by atoms with Gasteiger partial charge in [0.1, 0.15) is 5.03 Å². The predicted octanol–water partition coefficient (Wildman–Crippen LogP) is 3.25. The van der Waals surface area contributed by atoms with Crippen molar-refractivity contribution in [3.63, 3.8) is 0 Å². The van der Waals surface area contributed by atoms with Gasteiger partial charge in [0, 0.05) is 22.7 Å². The van der Waals surface area contributed by atoms with E-state index in [0.29, 0.717) is 13.1 Å². The van der Waals surface area contributed by atoms with Crippen LogP contribution >= 0.6 is 23.1 Å². The van der Waals surface area contributed by atoms with Crippen LogP contribution in [0.15, 0.2) is 57.7 Å². The van der Waals surface area contributed by atoms with Gasteiger partial charge in [0.25, 0.3) is 0 Å². The fourth-order valence-corrected chi connectivity index (χ4v) is 5.01. The summed E-state index contributed by atoms with van der Waals surface area (Å²) in [5.74, 6) is 0.214. The standard InChI is InChI=1S/C21H21N3O2S2/c25-19(22-12-15-6-2-1-3-7-15)14-28-20-17-9-4-10-18(17)24(21(26)23-20)13-16-8-5-11-27-16/h1-3,5-8,11H,4,9-10,12-14H2,(H,22,25). The molecule has 4 rings (SSSR count). The fraction of sp³-hybridized carbons (Fsp3) is 0.286. The van der Waals surface area contributed by atoms with E-state index in [0.717, 1.165) is 46.0 Å². The highest BCUT2D eigenvalue weighted by molar-refractivity contribution is 7.99. The van der Waals surface area contributed by atoms with Gasteiger partial charge in [-0.15, -0.1) is 11.3 Å². The lowest BCUT2D eigenvalue weighted by atomic mass is 10.2. The van der Waals surface area contributed by atoms with Crippen LogP contribution in [0.2, 0.25) is 0 Å².